The number of rotatable bonds is 6. The molecule has 1 aromatic carbocycles. The molecule has 0 saturated heterocycles. The first-order chi connectivity index (χ1) is 9.85. The molecule has 0 aliphatic carbocycles. The van der Waals surface area contributed by atoms with Gasteiger partial charge in [-0.2, -0.15) is 4.98 Å². The maximum atomic E-state index is 11.9. The van der Waals surface area contributed by atoms with Gasteiger partial charge in [-0.05, 0) is 17.7 Å². The predicted molar refractivity (Wildman–Crippen MR) is 71.9 cm³/mol. The molecule has 0 unspecified atom stereocenters. The summed E-state index contributed by atoms with van der Waals surface area (Å²) in [5.74, 6) is -0.858. The van der Waals surface area contributed by atoms with Gasteiger partial charge in [0.25, 0.3) is 0 Å². The van der Waals surface area contributed by atoms with E-state index in [4.69, 9.17) is 9.63 Å². The van der Waals surface area contributed by atoms with Crippen molar-refractivity contribution in [2.24, 2.45) is 0 Å². The van der Waals surface area contributed by atoms with Crippen LogP contribution in [-0.4, -0.2) is 29.6 Å². The van der Waals surface area contributed by atoms with Crippen LogP contribution in [0.25, 0.3) is 0 Å². The topological polar surface area (TPSA) is 122 Å². The second-order valence-corrected chi connectivity index (χ2v) is 6.12. The van der Waals surface area contributed by atoms with Crippen LogP contribution >= 0.6 is 0 Å². The summed E-state index contributed by atoms with van der Waals surface area (Å²) in [5.41, 5.74) is 0.420. The van der Waals surface area contributed by atoms with Crippen LogP contribution < -0.4 is 4.72 Å². The molecule has 0 spiro atoms. The standard InChI is InChI=1S/C12H13N3O5S/c1-8-14-11(15-20-8)6-13-21(18,19)7-9-3-2-4-10(5-9)12(16)17/h2-5,13H,6-7H2,1H3,(H,16,17). The van der Waals surface area contributed by atoms with Crippen molar-refractivity contribution in [1.82, 2.24) is 14.9 Å². The molecule has 0 aliphatic heterocycles. The summed E-state index contributed by atoms with van der Waals surface area (Å²) in [5, 5.41) is 12.4. The number of hydrogen-bond acceptors (Lipinski definition) is 6. The van der Waals surface area contributed by atoms with Crippen LogP contribution in [0.2, 0.25) is 0 Å². The Morgan fingerprint density at radius 3 is 2.81 bits per heavy atom. The van der Waals surface area contributed by atoms with Gasteiger partial charge in [-0.15, -0.1) is 0 Å². The molecule has 0 bridgehead atoms. The second kappa shape index (κ2) is 6.02. The van der Waals surface area contributed by atoms with E-state index in [-0.39, 0.29) is 23.7 Å². The Bertz CT molecular complexity index is 754. The van der Waals surface area contributed by atoms with Gasteiger partial charge in [0.1, 0.15) is 0 Å². The van der Waals surface area contributed by atoms with E-state index in [1.54, 1.807) is 13.0 Å². The molecule has 112 valence electrons. The van der Waals surface area contributed by atoms with Crippen molar-refractivity contribution < 1.29 is 22.8 Å². The smallest absolute Gasteiger partial charge is 0.335 e. The fourth-order valence-corrected chi connectivity index (χ4v) is 2.72. The van der Waals surface area contributed by atoms with Crippen LogP contribution in [0.15, 0.2) is 28.8 Å². The largest absolute Gasteiger partial charge is 0.478 e. The van der Waals surface area contributed by atoms with E-state index in [2.05, 4.69) is 14.9 Å². The minimum absolute atomic E-state index is 0.0384. The third kappa shape index (κ3) is 4.36. The molecule has 8 nitrogen and oxygen atoms in total. The number of sulfonamides is 1. The Balaban J connectivity index is 2.03. The van der Waals surface area contributed by atoms with Gasteiger partial charge in [0.2, 0.25) is 15.9 Å². The number of aromatic nitrogens is 2. The van der Waals surface area contributed by atoms with Crippen molar-refractivity contribution in [2.45, 2.75) is 19.2 Å². The van der Waals surface area contributed by atoms with Crippen LogP contribution in [0.3, 0.4) is 0 Å². The molecule has 0 saturated carbocycles. The summed E-state index contributed by atoms with van der Waals surface area (Å²) in [7, 11) is -3.63. The molecule has 0 fully saturated rings. The van der Waals surface area contributed by atoms with Gasteiger partial charge in [0.15, 0.2) is 5.82 Å². The third-order valence-corrected chi connectivity index (χ3v) is 3.85. The molecule has 2 N–H and O–H groups in total. The quantitative estimate of drug-likeness (QED) is 0.804. The molecular weight excluding hydrogens is 298 g/mol. The summed E-state index contributed by atoms with van der Waals surface area (Å²) in [6, 6.07) is 5.76. The van der Waals surface area contributed by atoms with Crippen LogP contribution in [0.5, 0.6) is 0 Å². The average Bonchev–Trinajstić information content (AvgIpc) is 2.82. The molecule has 1 heterocycles. The molecule has 21 heavy (non-hydrogen) atoms. The van der Waals surface area contributed by atoms with Crippen molar-refractivity contribution in [3.8, 4) is 0 Å². The molecular formula is C12H13N3O5S. The second-order valence-electron chi connectivity index (χ2n) is 4.32. The highest BCUT2D eigenvalue weighted by molar-refractivity contribution is 7.88. The highest BCUT2D eigenvalue weighted by Gasteiger charge is 2.14. The molecule has 9 heteroatoms. The molecule has 0 amide bonds. The van der Waals surface area contributed by atoms with Crippen LogP contribution in [0.4, 0.5) is 0 Å². The lowest BCUT2D eigenvalue weighted by Crippen LogP contribution is -2.25. The Labute approximate surface area is 120 Å². The lowest BCUT2D eigenvalue weighted by Gasteiger charge is -2.05. The number of carbonyl (C=O) groups is 1. The minimum atomic E-state index is -3.63. The molecule has 0 radical (unpaired) electrons. The Morgan fingerprint density at radius 1 is 1.43 bits per heavy atom. The summed E-state index contributed by atoms with van der Waals surface area (Å²) in [6.07, 6.45) is 0. The first kappa shape index (κ1) is 15.1. The summed E-state index contributed by atoms with van der Waals surface area (Å²) in [6.45, 7) is 1.51. The molecule has 1 aromatic heterocycles. The van der Waals surface area contributed by atoms with Gasteiger partial charge in [0, 0.05) is 6.92 Å². The van der Waals surface area contributed by atoms with E-state index >= 15 is 0 Å². The van der Waals surface area contributed by atoms with Gasteiger partial charge in [-0.25, -0.2) is 17.9 Å². The van der Waals surface area contributed by atoms with Crippen molar-refractivity contribution in [3.63, 3.8) is 0 Å². The average molecular weight is 311 g/mol. The van der Waals surface area contributed by atoms with E-state index < -0.39 is 16.0 Å². The summed E-state index contributed by atoms with van der Waals surface area (Å²) >= 11 is 0. The maximum Gasteiger partial charge on any atom is 0.335 e. The SMILES string of the molecule is Cc1nc(CNS(=O)(=O)Cc2cccc(C(=O)O)c2)no1. The number of nitrogens with one attached hydrogen (secondary N) is 1. The van der Waals surface area contributed by atoms with E-state index in [1.807, 2.05) is 0 Å². The first-order valence-electron chi connectivity index (χ1n) is 5.94. The zero-order chi connectivity index (χ0) is 15.5. The fourth-order valence-electron chi connectivity index (χ4n) is 1.65. The monoisotopic (exact) mass is 311 g/mol. The number of benzene rings is 1. The number of hydrogen-bond donors (Lipinski definition) is 2. The number of carboxylic acid groups (broad SMARTS) is 1. The third-order valence-electron chi connectivity index (χ3n) is 2.55. The first-order valence-corrected chi connectivity index (χ1v) is 7.60. The summed E-state index contributed by atoms with van der Waals surface area (Å²) < 4.78 is 30.9. The number of aryl methyl sites for hydroxylation is 1. The van der Waals surface area contributed by atoms with Crippen molar-refractivity contribution in [2.75, 3.05) is 0 Å². The normalized spacial score (nSPS) is 11.5. The lowest BCUT2D eigenvalue weighted by atomic mass is 10.1. The summed E-state index contributed by atoms with van der Waals surface area (Å²) in [4.78, 5) is 14.7. The predicted octanol–water partition coefficient (Wildman–Crippen LogP) is 0.696. The molecule has 2 rings (SSSR count). The molecule has 2 aromatic rings. The van der Waals surface area contributed by atoms with Crippen molar-refractivity contribution >= 4 is 16.0 Å². The van der Waals surface area contributed by atoms with Gasteiger partial charge >= 0.3 is 5.97 Å². The van der Waals surface area contributed by atoms with Gasteiger partial charge in [-0.1, -0.05) is 17.3 Å². The lowest BCUT2D eigenvalue weighted by molar-refractivity contribution is 0.0696. The minimum Gasteiger partial charge on any atom is -0.478 e. The van der Waals surface area contributed by atoms with Gasteiger partial charge in [0.05, 0.1) is 17.9 Å². The Morgan fingerprint density at radius 2 is 2.19 bits per heavy atom. The van der Waals surface area contributed by atoms with Gasteiger partial charge < -0.3 is 9.63 Å². The van der Waals surface area contributed by atoms with Crippen LogP contribution in [0.1, 0.15) is 27.6 Å². The van der Waals surface area contributed by atoms with Crippen molar-refractivity contribution in [1.29, 1.82) is 0 Å². The molecule has 0 aliphatic rings. The number of carboxylic acids is 1. The fraction of sp³-hybridized carbons (Fsp3) is 0.250. The van der Waals surface area contributed by atoms with Crippen LogP contribution in [0, 0.1) is 6.92 Å². The zero-order valence-electron chi connectivity index (χ0n) is 11.1. The number of nitrogens with zero attached hydrogens (tertiary/aromatic N) is 2. The molecule has 0 atom stereocenters. The van der Waals surface area contributed by atoms with Crippen molar-refractivity contribution in [3.05, 3.63) is 47.1 Å². The van der Waals surface area contributed by atoms with E-state index in [1.165, 1.54) is 18.2 Å². The Kier molecular flexibility index (Phi) is 4.34. The number of aromatic carboxylic acids is 1. The highest BCUT2D eigenvalue weighted by Crippen LogP contribution is 2.09. The van der Waals surface area contributed by atoms with E-state index in [0.29, 0.717) is 11.5 Å². The highest BCUT2D eigenvalue weighted by atomic mass is 32.2. The van der Waals surface area contributed by atoms with Gasteiger partial charge in [-0.3, -0.25) is 0 Å². The maximum absolute atomic E-state index is 11.9. The van der Waals surface area contributed by atoms with E-state index in [0.717, 1.165) is 0 Å². The zero-order valence-corrected chi connectivity index (χ0v) is 11.9. The van der Waals surface area contributed by atoms with Crippen LogP contribution in [-0.2, 0) is 22.3 Å². The van der Waals surface area contributed by atoms with E-state index in [9.17, 15) is 13.2 Å². The Hall–Kier alpha value is -2.26.